The third-order valence-corrected chi connectivity index (χ3v) is 5.46. The summed E-state index contributed by atoms with van der Waals surface area (Å²) < 4.78 is 13.0. The predicted octanol–water partition coefficient (Wildman–Crippen LogP) is 2.05. The quantitative estimate of drug-likeness (QED) is 0.712. The standard InChI is InChI=1S/C18H22N6O2/c1-3-14-13-8-23(6-4-15(13)26-22-14)18-17-16(12-5-7-25-9-12)21-11(2)24(17)20-10-19-18/h10,12H,3-9H2,1-2H3. The number of nitrogens with zero attached hydrogens (tertiary/aromatic N) is 6. The molecule has 5 rings (SSSR count). The van der Waals surface area contributed by atoms with Crippen LogP contribution in [0.15, 0.2) is 10.9 Å². The van der Waals surface area contributed by atoms with Crippen molar-refractivity contribution in [3.05, 3.63) is 34.9 Å². The van der Waals surface area contributed by atoms with Crippen LogP contribution >= 0.6 is 0 Å². The van der Waals surface area contributed by atoms with Gasteiger partial charge in [-0.15, -0.1) is 0 Å². The molecule has 0 saturated carbocycles. The van der Waals surface area contributed by atoms with Crippen molar-refractivity contribution >= 4 is 11.3 Å². The summed E-state index contributed by atoms with van der Waals surface area (Å²) in [5.41, 5.74) is 4.32. The van der Waals surface area contributed by atoms with E-state index < -0.39 is 0 Å². The summed E-state index contributed by atoms with van der Waals surface area (Å²) >= 11 is 0. The van der Waals surface area contributed by atoms with Crippen LogP contribution in [0.25, 0.3) is 5.52 Å². The zero-order chi connectivity index (χ0) is 17.7. The van der Waals surface area contributed by atoms with E-state index in [0.717, 1.165) is 79.9 Å². The number of fused-ring (bicyclic) bond motifs is 2. The Bertz CT molecular complexity index is 943. The molecule has 1 saturated heterocycles. The van der Waals surface area contributed by atoms with E-state index in [9.17, 15) is 0 Å². The average molecular weight is 354 g/mol. The largest absolute Gasteiger partial charge is 0.381 e. The molecule has 0 radical (unpaired) electrons. The Hall–Kier alpha value is -2.48. The number of aromatic nitrogens is 5. The zero-order valence-electron chi connectivity index (χ0n) is 15.1. The van der Waals surface area contributed by atoms with Crippen molar-refractivity contribution in [1.29, 1.82) is 0 Å². The van der Waals surface area contributed by atoms with Crippen LogP contribution in [0.4, 0.5) is 5.82 Å². The van der Waals surface area contributed by atoms with E-state index in [0.29, 0.717) is 5.92 Å². The molecule has 1 unspecified atom stereocenters. The van der Waals surface area contributed by atoms with E-state index >= 15 is 0 Å². The normalized spacial score (nSPS) is 20.1. The smallest absolute Gasteiger partial charge is 0.158 e. The second-order valence-corrected chi connectivity index (χ2v) is 7.00. The van der Waals surface area contributed by atoms with Crippen molar-refractivity contribution in [2.45, 2.75) is 45.6 Å². The first kappa shape index (κ1) is 15.7. The van der Waals surface area contributed by atoms with Gasteiger partial charge in [-0.05, 0) is 19.8 Å². The van der Waals surface area contributed by atoms with Crippen LogP contribution < -0.4 is 4.90 Å². The predicted molar refractivity (Wildman–Crippen MR) is 94.3 cm³/mol. The highest BCUT2D eigenvalue weighted by atomic mass is 16.5. The van der Waals surface area contributed by atoms with Gasteiger partial charge in [-0.25, -0.2) is 14.5 Å². The molecule has 3 aromatic rings. The van der Waals surface area contributed by atoms with Gasteiger partial charge in [0.25, 0.3) is 0 Å². The molecule has 0 aromatic carbocycles. The zero-order valence-corrected chi connectivity index (χ0v) is 15.1. The molecule has 26 heavy (non-hydrogen) atoms. The Balaban J connectivity index is 1.61. The van der Waals surface area contributed by atoms with Gasteiger partial charge in [-0.1, -0.05) is 12.1 Å². The van der Waals surface area contributed by atoms with Crippen molar-refractivity contribution in [2.24, 2.45) is 0 Å². The summed E-state index contributed by atoms with van der Waals surface area (Å²) in [5, 5.41) is 8.66. The van der Waals surface area contributed by atoms with Gasteiger partial charge >= 0.3 is 0 Å². The Kier molecular flexibility index (Phi) is 3.66. The monoisotopic (exact) mass is 354 g/mol. The Morgan fingerprint density at radius 3 is 3.08 bits per heavy atom. The fraction of sp³-hybridized carbons (Fsp3) is 0.556. The number of imidazole rings is 1. The lowest BCUT2D eigenvalue weighted by Crippen LogP contribution is -2.31. The van der Waals surface area contributed by atoms with Gasteiger partial charge in [0.05, 0.1) is 18.0 Å². The number of anilines is 1. The number of hydrogen-bond donors (Lipinski definition) is 0. The third-order valence-electron chi connectivity index (χ3n) is 5.46. The van der Waals surface area contributed by atoms with E-state index in [4.69, 9.17) is 14.2 Å². The van der Waals surface area contributed by atoms with Gasteiger partial charge in [0, 0.05) is 37.6 Å². The highest BCUT2D eigenvalue weighted by molar-refractivity contribution is 5.73. The highest BCUT2D eigenvalue weighted by Crippen LogP contribution is 2.34. The molecule has 8 nitrogen and oxygen atoms in total. The maximum absolute atomic E-state index is 5.60. The molecule has 136 valence electrons. The van der Waals surface area contributed by atoms with E-state index in [1.54, 1.807) is 6.33 Å². The summed E-state index contributed by atoms with van der Waals surface area (Å²) in [4.78, 5) is 11.8. The highest BCUT2D eigenvalue weighted by Gasteiger charge is 2.30. The number of hydrogen-bond acceptors (Lipinski definition) is 7. The van der Waals surface area contributed by atoms with Crippen molar-refractivity contribution in [3.8, 4) is 0 Å². The fourth-order valence-corrected chi connectivity index (χ4v) is 4.08. The maximum atomic E-state index is 5.60. The minimum absolute atomic E-state index is 0.311. The van der Waals surface area contributed by atoms with Gasteiger partial charge in [0.15, 0.2) is 5.82 Å². The van der Waals surface area contributed by atoms with E-state index in [-0.39, 0.29) is 0 Å². The molecule has 0 bridgehead atoms. The number of ether oxygens (including phenoxy) is 1. The van der Waals surface area contributed by atoms with E-state index in [2.05, 4.69) is 27.1 Å². The van der Waals surface area contributed by atoms with Gasteiger partial charge in [0.1, 0.15) is 23.4 Å². The first-order valence-electron chi connectivity index (χ1n) is 9.25. The van der Waals surface area contributed by atoms with Crippen LogP contribution in [0.3, 0.4) is 0 Å². The van der Waals surface area contributed by atoms with Crippen LogP contribution in [-0.2, 0) is 24.1 Å². The first-order valence-corrected chi connectivity index (χ1v) is 9.25. The van der Waals surface area contributed by atoms with Crippen molar-refractivity contribution in [1.82, 2.24) is 24.7 Å². The summed E-state index contributed by atoms with van der Waals surface area (Å²) in [7, 11) is 0. The molecule has 2 aliphatic rings. The van der Waals surface area contributed by atoms with Gasteiger partial charge in [0.2, 0.25) is 0 Å². The molecule has 2 aliphatic heterocycles. The fourth-order valence-electron chi connectivity index (χ4n) is 4.08. The average Bonchev–Trinajstić information content (AvgIpc) is 3.39. The molecule has 0 amide bonds. The summed E-state index contributed by atoms with van der Waals surface area (Å²) in [6.45, 7) is 7.23. The molecular formula is C18H22N6O2. The lowest BCUT2D eigenvalue weighted by Gasteiger charge is -2.28. The van der Waals surface area contributed by atoms with Crippen LogP contribution in [-0.4, -0.2) is 44.5 Å². The molecule has 8 heteroatoms. The molecule has 0 N–H and O–H groups in total. The maximum Gasteiger partial charge on any atom is 0.158 e. The molecule has 5 heterocycles. The minimum Gasteiger partial charge on any atom is -0.381 e. The molecule has 1 atom stereocenters. The number of aryl methyl sites for hydroxylation is 2. The Morgan fingerprint density at radius 1 is 1.35 bits per heavy atom. The van der Waals surface area contributed by atoms with Crippen LogP contribution in [0.5, 0.6) is 0 Å². The van der Waals surface area contributed by atoms with Crippen LogP contribution in [0.2, 0.25) is 0 Å². The van der Waals surface area contributed by atoms with Crippen molar-refractivity contribution in [3.63, 3.8) is 0 Å². The third kappa shape index (κ3) is 2.32. The Labute approximate surface area is 151 Å². The summed E-state index contributed by atoms with van der Waals surface area (Å²) in [6.07, 6.45) is 4.34. The van der Waals surface area contributed by atoms with Gasteiger partial charge < -0.3 is 14.2 Å². The van der Waals surface area contributed by atoms with Crippen molar-refractivity contribution < 1.29 is 9.26 Å². The molecule has 0 spiro atoms. The lowest BCUT2D eigenvalue weighted by atomic mass is 10.0. The molecule has 0 aliphatic carbocycles. The Morgan fingerprint density at radius 2 is 2.27 bits per heavy atom. The number of rotatable bonds is 3. The molecule has 1 fully saturated rings. The van der Waals surface area contributed by atoms with Gasteiger partial charge in [-0.2, -0.15) is 5.10 Å². The SMILES string of the molecule is CCc1noc2c1CN(c1ncnn3c(C)nc(C4CCOC4)c13)CC2. The lowest BCUT2D eigenvalue weighted by molar-refractivity contribution is 0.193. The van der Waals surface area contributed by atoms with Crippen LogP contribution in [0, 0.1) is 6.92 Å². The molecule has 3 aromatic heterocycles. The van der Waals surface area contributed by atoms with Gasteiger partial charge in [-0.3, -0.25) is 0 Å². The van der Waals surface area contributed by atoms with E-state index in [1.165, 1.54) is 5.56 Å². The topological polar surface area (TPSA) is 81.6 Å². The first-order chi connectivity index (χ1) is 12.8. The van der Waals surface area contributed by atoms with Crippen LogP contribution in [0.1, 0.15) is 47.8 Å². The second-order valence-electron chi connectivity index (χ2n) is 7.00. The van der Waals surface area contributed by atoms with Crippen molar-refractivity contribution in [2.75, 3.05) is 24.7 Å². The summed E-state index contributed by atoms with van der Waals surface area (Å²) in [6, 6.07) is 0. The second kappa shape index (κ2) is 6.05. The molecular weight excluding hydrogens is 332 g/mol. The summed E-state index contributed by atoms with van der Waals surface area (Å²) in [5.74, 6) is 3.15. The minimum atomic E-state index is 0.311. The van der Waals surface area contributed by atoms with E-state index in [1.807, 2.05) is 11.4 Å².